The van der Waals surface area contributed by atoms with Gasteiger partial charge in [0.15, 0.2) is 17.7 Å². The summed E-state index contributed by atoms with van der Waals surface area (Å²) in [6.45, 7) is 11.1. The quantitative estimate of drug-likeness (QED) is 0.224. The van der Waals surface area contributed by atoms with E-state index in [0.29, 0.717) is 30.4 Å². The second kappa shape index (κ2) is 12.4. The first-order valence-corrected chi connectivity index (χ1v) is 14.9. The molecular weight excluding hydrogens is 520 g/mol. The number of nitrogens with one attached hydrogen (secondary N) is 1. The van der Waals surface area contributed by atoms with Crippen LogP contribution in [0.15, 0.2) is 108 Å². The van der Waals surface area contributed by atoms with Crippen molar-refractivity contribution in [1.82, 2.24) is 4.72 Å². The number of benzene rings is 3. The highest BCUT2D eigenvalue weighted by molar-refractivity contribution is 7.89. The van der Waals surface area contributed by atoms with E-state index in [1.807, 2.05) is 103 Å². The van der Waals surface area contributed by atoms with Gasteiger partial charge in [0.05, 0.1) is 29.9 Å². The predicted molar refractivity (Wildman–Crippen MR) is 160 cm³/mol. The minimum Gasteiger partial charge on any atom is -0.490 e. The lowest BCUT2D eigenvalue weighted by Gasteiger charge is -2.19. The highest BCUT2D eigenvalue weighted by atomic mass is 32.2. The molecule has 1 aromatic heterocycles. The minimum absolute atomic E-state index is 0.0769. The zero-order chi connectivity index (χ0) is 28.8. The van der Waals surface area contributed by atoms with E-state index in [0.717, 1.165) is 22.4 Å². The van der Waals surface area contributed by atoms with Gasteiger partial charge >= 0.3 is 0 Å². The number of rotatable bonds is 10. The van der Waals surface area contributed by atoms with Gasteiger partial charge in [-0.05, 0) is 73.4 Å². The first-order valence-electron chi connectivity index (χ1n) is 13.4. The molecule has 6 nitrogen and oxygen atoms in total. The van der Waals surface area contributed by atoms with Crippen molar-refractivity contribution < 1.29 is 22.5 Å². The van der Waals surface area contributed by atoms with Gasteiger partial charge in [-0.3, -0.25) is 4.72 Å². The van der Waals surface area contributed by atoms with Crippen LogP contribution in [0.3, 0.4) is 0 Å². The molecule has 0 aliphatic carbocycles. The summed E-state index contributed by atoms with van der Waals surface area (Å²) in [6, 6.07) is 28.5. The van der Waals surface area contributed by atoms with E-state index >= 15 is 0 Å². The third-order valence-electron chi connectivity index (χ3n) is 6.41. The first kappa shape index (κ1) is 28.9. The van der Waals surface area contributed by atoms with Gasteiger partial charge in [-0.2, -0.15) is 4.57 Å². The number of aromatic nitrogens is 1. The van der Waals surface area contributed by atoms with E-state index in [2.05, 4.69) is 25.5 Å². The number of ether oxygens (including phenoxy) is 2. The van der Waals surface area contributed by atoms with Crippen molar-refractivity contribution in [3.8, 4) is 22.8 Å². The van der Waals surface area contributed by atoms with Gasteiger partial charge in [0.25, 0.3) is 10.0 Å². The van der Waals surface area contributed by atoms with Gasteiger partial charge in [-0.1, -0.05) is 51.1 Å². The molecule has 0 bridgehead atoms. The molecule has 0 amide bonds. The van der Waals surface area contributed by atoms with E-state index in [1.165, 1.54) is 6.20 Å². The molecule has 4 rings (SSSR count). The molecule has 40 heavy (non-hydrogen) atoms. The Morgan fingerprint density at radius 1 is 0.825 bits per heavy atom. The van der Waals surface area contributed by atoms with Crippen LogP contribution in [0, 0.1) is 0 Å². The Morgan fingerprint density at radius 2 is 1.48 bits per heavy atom. The second-order valence-corrected chi connectivity index (χ2v) is 12.0. The van der Waals surface area contributed by atoms with Crippen LogP contribution in [0.25, 0.3) is 17.0 Å². The zero-order valence-corrected chi connectivity index (χ0v) is 24.5. The maximum atomic E-state index is 13.4. The van der Waals surface area contributed by atoms with Crippen LogP contribution in [0.5, 0.6) is 11.5 Å². The summed E-state index contributed by atoms with van der Waals surface area (Å²) >= 11 is 0. The zero-order valence-electron chi connectivity index (χ0n) is 23.7. The molecular formula is C33H37N2O4S+. The van der Waals surface area contributed by atoms with E-state index < -0.39 is 10.0 Å². The van der Waals surface area contributed by atoms with Crippen LogP contribution in [0.2, 0.25) is 0 Å². The van der Waals surface area contributed by atoms with Gasteiger partial charge in [0, 0.05) is 17.7 Å². The fourth-order valence-corrected chi connectivity index (χ4v) is 5.23. The van der Waals surface area contributed by atoms with Crippen molar-refractivity contribution >= 4 is 15.7 Å². The standard InChI is InChI=1S/C33H37N2O4S/c1-6-38-31-21-16-26(23-32(31)39-7-2)30(35-22-12-11-15-29(35)25-13-9-8-10-14-25)24-34-40(36,37)28-19-17-27(18-20-28)33(3,4)5/h8-24,34H,6-7H2,1-5H3/q+1/b30-24-. The largest absolute Gasteiger partial charge is 0.490 e. The SMILES string of the molecule is CCOc1ccc(/C(=C/NS(=O)(=O)c2ccc(C(C)(C)C)cc2)[n+]2ccccc2-c2ccccc2)cc1OCC. The average Bonchev–Trinajstić information content (AvgIpc) is 2.95. The molecule has 0 unspecified atom stereocenters. The van der Waals surface area contributed by atoms with Gasteiger partial charge in [0.1, 0.15) is 0 Å². The van der Waals surface area contributed by atoms with E-state index in [9.17, 15) is 8.42 Å². The van der Waals surface area contributed by atoms with Crippen LogP contribution in [-0.2, 0) is 15.4 Å². The molecule has 208 valence electrons. The highest BCUT2D eigenvalue weighted by Crippen LogP contribution is 2.31. The molecule has 0 saturated carbocycles. The first-order chi connectivity index (χ1) is 19.1. The van der Waals surface area contributed by atoms with Gasteiger partial charge in [-0.15, -0.1) is 0 Å². The lowest BCUT2D eigenvalue weighted by Crippen LogP contribution is -2.36. The molecule has 1 N–H and O–H groups in total. The Kier molecular flexibility index (Phi) is 8.95. The minimum atomic E-state index is -3.84. The Morgan fingerprint density at radius 3 is 2.12 bits per heavy atom. The Bertz CT molecular complexity index is 1570. The summed E-state index contributed by atoms with van der Waals surface area (Å²) in [5.74, 6) is 1.22. The van der Waals surface area contributed by atoms with E-state index in [4.69, 9.17) is 9.47 Å². The molecule has 4 aromatic rings. The van der Waals surface area contributed by atoms with Gasteiger partial charge in [0.2, 0.25) is 11.4 Å². The monoisotopic (exact) mass is 557 g/mol. The lowest BCUT2D eigenvalue weighted by atomic mass is 9.87. The summed E-state index contributed by atoms with van der Waals surface area (Å²) in [4.78, 5) is 0.194. The Balaban J connectivity index is 1.84. The number of sulfonamides is 1. The molecule has 0 atom stereocenters. The summed E-state index contributed by atoms with van der Waals surface area (Å²) in [5, 5.41) is 0. The molecule has 0 radical (unpaired) electrons. The maximum absolute atomic E-state index is 13.4. The van der Waals surface area contributed by atoms with Crippen molar-refractivity contribution in [3.05, 3.63) is 115 Å². The third kappa shape index (κ3) is 6.72. The van der Waals surface area contributed by atoms with Crippen LogP contribution < -0.4 is 18.8 Å². The topological polar surface area (TPSA) is 68.5 Å². The van der Waals surface area contributed by atoms with Gasteiger partial charge in [-0.25, -0.2) is 8.42 Å². The van der Waals surface area contributed by atoms with Crippen LogP contribution >= 0.6 is 0 Å². The molecule has 0 aliphatic rings. The smallest absolute Gasteiger partial charge is 0.261 e. The lowest BCUT2D eigenvalue weighted by molar-refractivity contribution is -0.567. The van der Waals surface area contributed by atoms with E-state index in [-0.39, 0.29) is 10.3 Å². The third-order valence-corrected chi connectivity index (χ3v) is 7.73. The normalized spacial score (nSPS) is 12.2. The Labute approximate surface area is 238 Å². The molecule has 3 aromatic carbocycles. The van der Waals surface area contributed by atoms with Crippen molar-refractivity contribution in [2.45, 2.75) is 44.9 Å². The molecule has 0 fully saturated rings. The number of pyridine rings is 1. The molecule has 1 heterocycles. The predicted octanol–water partition coefficient (Wildman–Crippen LogP) is 6.56. The summed E-state index contributed by atoms with van der Waals surface area (Å²) < 4.78 is 43.2. The van der Waals surface area contributed by atoms with Crippen molar-refractivity contribution in [2.24, 2.45) is 0 Å². The number of nitrogens with zero attached hydrogens (tertiary/aromatic N) is 1. The van der Waals surface area contributed by atoms with Crippen LogP contribution in [0.1, 0.15) is 45.7 Å². The second-order valence-electron chi connectivity index (χ2n) is 10.3. The molecule has 0 aliphatic heterocycles. The summed E-state index contributed by atoms with van der Waals surface area (Å²) in [7, 11) is -3.84. The number of hydrogen-bond donors (Lipinski definition) is 1. The fourth-order valence-electron chi connectivity index (χ4n) is 4.34. The van der Waals surface area contributed by atoms with Crippen molar-refractivity contribution in [3.63, 3.8) is 0 Å². The number of hydrogen-bond acceptors (Lipinski definition) is 4. The fraction of sp³-hybridized carbons (Fsp3) is 0.242. The van der Waals surface area contributed by atoms with Crippen LogP contribution in [-0.4, -0.2) is 21.6 Å². The molecule has 0 spiro atoms. The Hall–Kier alpha value is -4.10. The van der Waals surface area contributed by atoms with Gasteiger partial charge < -0.3 is 9.47 Å². The molecule has 0 saturated heterocycles. The van der Waals surface area contributed by atoms with Crippen molar-refractivity contribution in [2.75, 3.05) is 13.2 Å². The summed E-state index contributed by atoms with van der Waals surface area (Å²) in [6.07, 6.45) is 3.45. The average molecular weight is 558 g/mol. The van der Waals surface area contributed by atoms with Crippen LogP contribution in [0.4, 0.5) is 0 Å². The van der Waals surface area contributed by atoms with Crippen molar-refractivity contribution in [1.29, 1.82) is 0 Å². The van der Waals surface area contributed by atoms with E-state index in [1.54, 1.807) is 12.1 Å². The molecule has 7 heteroatoms. The highest BCUT2D eigenvalue weighted by Gasteiger charge is 2.23. The summed E-state index contributed by atoms with van der Waals surface area (Å²) in [5.41, 5.74) is 4.25. The maximum Gasteiger partial charge on any atom is 0.261 e.